The first-order chi connectivity index (χ1) is 6.75. The van der Waals surface area contributed by atoms with Crippen LogP contribution in [0.3, 0.4) is 0 Å². The third-order valence-electron chi connectivity index (χ3n) is 3.67. The third kappa shape index (κ3) is 2.57. The molecule has 0 aliphatic heterocycles. The van der Waals surface area contributed by atoms with Gasteiger partial charge in [-0.2, -0.15) is 0 Å². The molecule has 0 aromatic rings. The zero-order valence-electron chi connectivity index (χ0n) is 8.78. The molecule has 2 rings (SSSR count). The van der Waals surface area contributed by atoms with Crippen molar-refractivity contribution in [2.75, 3.05) is 5.75 Å². The van der Waals surface area contributed by atoms with Gasteiger partial charge in [-0.15, -0.1) is 0 Å². The topological polar surface area (TPSA) is 43.1 Å². The van der Waals surface area contributed by atoms with E-state index in [2.05, 4.69) is 0 Å². The van der Waals surface area contributed by atoms with E-state index in [9.17, 15) is 4.21 Å². The quantitative estimate of drug-likeness (QED) is 0.780. The van der Waals surface area contributed by atoms with Gasteiger partial charge >= 0.3 is 0 Å². The molecule has 0 aromatic carbocycles. The normalized spacial score (nSPS) is 36.4. The lowest BCUT2D eigenvalue weighted by molar-refractivity contribution is 0.597. The fraction of sp³-hybridized carbons (Fsp3) is 1.00. The van der Waals surface area contributed by atoms with E-state index >= 15 is 0 Å². The molecule has 0 saturated heterocycles. The Labute approximate surface area is 89.1 Å². The van der Waals surface area contributed by atoms with Gasteiger partial charge in [0, 0.05) is 27.8 Å². The SMILES string of the molecule is NC1CCC(S(=O)CC2CCCC2)C1. The second kappa shape index (κ2) is 4.75. The summed E-state index contributed by atoms with van der Waals surface area (Å²) < 4.78 is 12.0. The molecule has 2 nitrogen and oxygen atoms in total. The number of hydrogen-bond donors (Lipinski definition) is 1. The lowest BCUT2D eigenvalue weighted by Crippen LogP contribution is -2.21. The van der Waals surface area contributed by atoms with Crippen molar-refractivity contribution in [3.8, 4) is 0 Å². The van der Waals surface area contributed by atoms with Gasteiger partial charge in [-0.1, -0.05) is 12.8 Å². The highest BCUT2D eigenvalue weighted by molar-refractivity contribution is 7.85. The molecule has 14 heavy (non-hydrogen) atoms. The fourth-order valence-electron chi connectivity index (χ4n) is 2.76. The van der Waals surface area contributed by atoms with Crippen molar-refractivity contribution < 1.29 is 4.21 Å². The molecule has 0 bridgehead atoms. The van der Waals surface area contributed by atoms with E-state index in [4.69, 9.17) is 5.73 Å². The van der Waals surface area contributed by atoms with Crippen LogP contribution in [0.1, 0.15) is 44.9 Å². The first kappa shape index (κ1) is 10.6. The predicted octanol–water partition coefficient (Wildman–Crippen LogP) is 1.81. The van der Waals surface area contributed by atoms with Crippen molar-refractivity contribution in [2.45, 2.75) is 56.2 Å². The van der Waals surface area contributed by atoms with E-state index in [0.717, 1.165) is 30.9 Å². The van der Waals surface area contributed by atoms with Crippen molar-refractivity contribution in [1.29, 1.82) is 0 Å². The first-order valence-electron chi connectivity index (χ1n) is 5.88. The van der Waals surface area contributed by atoms with Crippen LogP contribution in [0.2, 0.25) is 0 Å². The van der Waals surface area contributed by atoms with Gasteiger partial charge in [0.25, 0.3) is 0 Å². The van der Waals surface area contributed by atoms with Crippen LogP contribution in [0.15, 0.2) is 0 Å². The number of nitrogens with two attached hydrogens (primary N) is 1. The van der Waals surface area contributed by atoms with Crippen LogP contribution in [0, 0.1) is 5.92 Å². The Morgan fingerprint density at radius 1 is 1.14 bits per heavy atom. The van der Waals surface area contributed by atoms with E-state index < -0.39 is 10.8 Å². The van der Waals surface area contributed by atoms with Gasteiger partial charge in [-0.25, -0.2) is 0 Å². The van der Waals surface area contributed by atoms with Crippen LogP contribution in [-0.4, -0.2) is 21.3 Å². The molecule has 2 aliphatic rings. The van der Waals surface area contributed by atoms with Gasteiger partial charge in [0.1, 0.15) is 0 Å². The van der Waals surface area contributed by atoms with Crippen LogP contribution in [0.5, 0.6) is 0 Å². The number of hydrogen-bond acceptors (Lipinski definition) is 2. The molecule has 3 atom stereocenters. The summed E-state index contributed by atoms with van der Waals surface area (Å²) in [5.74, 6) is 1.71. The maximum Gasteiger partial charge on any atom is 0.0363 e. The minimum Gasteiger partial charge on any atom is -0.328 e. The highest BCUT2D eigenvalue weighted by Gasteiger charge is 2.28. The van der Waals surface area contributed by atoms with E-state index in [1.54, 1.807) is 0 Å². The molecule has 3 heteroatoms. The molecule has 0 spiro atoms. The molecule has 0 heterocycles. The van der Waals surface area contributed by atoms with E-state index in [-0.39, 0.29) is 0 Å². The minimum atomic E-state index is -0.586. The molecule has 0 aromatic heterocycles. The smallest absolute Gasteiger partial charge is 0.0363 e. The Balaban J connectivity index is 1.77. The zero-order valence-corrected chi connectivity index (χ0v) is 9.60. The van der Waals surface area contributed by atoms with Gasteiger partial charge in [0.05, 0.1) is 0 Å². The molecular formula is C11H21NOS. The summed E-state index contributed by atoms with van der Waals surface area (Å²) in [5, 5.41) is 0.422. The maximum absolute atomic E-state index is 12.0. The standard InChI is InChI=1S/C11H21NOS/c12-10-5-6-11(7-10)14(13)8-9-3-1-2-4-9/h9-11H,1-8,12H2. The summed E-state index contributed by atoms with van der Waals surface area (Å²) in [6.45, 7) is 0. The Morgan fingerprint density at radius 2 is 1.86 bits per heavy atom. The summed E-state index contributed by atoms with van der Waals surface area (Å²) in [4.78, 5) is 0. The summed E-state index contributed by atoms with van der Waals surface area (Å²) >= 11 is 0. The monoisotopic (exact) mass is 215 g/mol. The van der Waals surface area contributed by atoms with Crippen molar-refractivity contribution in [3.63, 3.8) is 0 Å². The Morgan fingerprint density at radius 3 is 2.43 bits per heavy atom. The van der Waals surface area contributed by atoms with E-state index in [0.29, 0.717) is 11.3 Å². The molecule has 0 amide bonds. The Bertz CT molecular complexity index is 213. The Kier molecular flexibility index (Phi) is 3.61. The molecule has 0 radical (unpaired) electrons. The van der Waals surface area contributed by atoms with Gasteiger partial charge < -0.3 is 5.73 Å². The second-order valence-corrected chi connectivity index (χ2v) is 6.65. The van der Waals surface area contributed by atoms with Crippen LogP contribution < -0.4 is 5.73 Å². The van der Waals surface area contributed by atoms with Crippen molar-refractivity contribution in [2.24, 2.45) is 11.7 Å². The molecule has 3 unspecified atom stereocenters. The molecule has 82 valence electrons. The molecular weight excluding hydrogens is 194 g/mol. The van der Waals surface area contributed by atoms with Crippen LogP contribution in [-0.2, 0) is 10.8 Å². The van der Waals surface area contributed by atoms with Crippen LogP contribution in [0.25, 0.3) is 0 Å². The third-order valence-corrected chi connectivity index (χ3v) is 5.64. The van der Waals surface area contributed by atoms with Crippen molar-refractivity contribution >= 4 is 10.8 Å². The highest BCUT2D eigenvalue weighted by atomic mass is 32.2. The van der Waals surface area contributed by atoms with Crippen LogP contribution >= 0.6 is 0 Å². The zero-order chi connectivity index (χ0) is 9.97. The summed E-state index contributed by atoms with van der Waals surface area (Å²) in [6.07, 6.45) is 8.51. The lowest BCUT2D eigenvalue weighted by Gasteiger charge is -2.13. The van der Waals surface area contributed by atoms with Gasteiger partial charge in [-0.05, 0) is 38.0 Å². The lowest BCUT2D eigenvalue weighted by atomic mass is 10.1. The second-order valence-electron chi connectivity index (χ2n) is 4.89. The average Bonchev–Trinajstić information content (AvgIpc) is 2.75. The fourth-order valence-corrected chi connectivity index (χ4v) is 4.69. The van der Waals surface area contributed by atoms with Crippen LogP contribution in [0.4, 0.5) is 0 Å². The van der Waals surface area contributed by atoms with E-state index in [1.165, 1.54) is 25.7 Å². The largest absolute Gasteiger partial charge is 0.328 e. The summed E-state index contributed by atoms with van der Waals surface area (Å²) in [7, 11) is -0.586. The molecule has 2 saturated carbocycles. The molecule has 2 N–H and O–H groups in total. The predicted molar refractivity (Wildman–Crippen MR) is 60.6 cm³/mol. The first-order valence-corrected chi connectivity index (χ1v) is 7.26. The van der Waals surface area contributed by atoms with Crippen molar-refractivity contribution in [1.82, 2.24) is 0 Å². The van der Waals surface area contributed by atoms with Gasteiger partial charge in [-0.3, -0.25) is 4.21 Å². The molecule has 2 fully saturated rings. The van der Waals surface area contributed by atoms with E-state index in [1.807, 2.05) is 0 Å². The minimum absolute atomic E-state index is 0.326. The average molecular weight is 215 g/mol. The summed E-state index contributed by atoms with van der Waals surface area (Å²) in [6, 6.07) is 0.326. The molecule has 2 aliphatic carbocycles. The maximum atomic E-state index is 12.0. The Hall–Kier alpha value is 0.110. The van der Waals surface area contributed by atoms with Gasteiger partial charge in [0.15, 0.2) is 0 Å². The summed E-state index contributed by atoms with van der Waals surface area (Å²) in [5.41, 5.74) is 5.84. The number of rotatable bonds is 3. The highest BCUT2D eigenvalue weighted by Crippen LogP contribution is 2.29. The van der Waals surface area contributed by atoms with Gasteiger partial charge in [0.2, 0.25) is 0 Å². The van der Waals surface area contributed by atoms with Crippen molar-refractivity contribution in [3.05, 3.63) is 0 Å².